The maximum absolute atomic E-state index is 13.0. The molecule has 4 fully saturated rings. The molecule has 0 N–H and O–H groups in total. The molecule has 4 aliphatic carbocycles. The maximum atomic E-state index is 13.0. The quantitative estimate of drug-likeness (QED) is 0.753. The van der Waals surface area contributed by atoms with Crippen LogP contribution in [0.2, 0.25) is 0 Å². The Morgan fingerprint density at radius 1 is 1.26 bits per heavy atom. The summed E-state index contributed by atoms with van der Waals surface area (Å²) >= 11 is 0. The lowest BCUT2D eigenvalue weighted by atomic mass is 9.43. The predicted molar refractivity (Wildman–Crippen MR) is 73.5 cm³/mol. The molecule has 0 amide bonds. The Kier molecular flexibility index (Phi) is 2.44. The fourth-order valence-electron chi connectivity index (χ4n) is 5.96. The van der Waals surface area contributed by atoms with E-state index in [-0.39, 0.29) is 5.41 Å². The SMILES string of the molecule is CC12CC3CC(C1)CC(C(=O)C1=CCCCO1)(C3)C2. The van der Waals surface area contributed by atoms with Crippen LogP contribution in [0, 0.1) is 22.7 Å². The minimum Gasteiger partial charge on any atom is -0.490 e. The molecule has 0 aromatic carbocycles. The van der Waals surface area contributed by atoms with Crippen molar-refractivity contribution in [3.05, 3.63) is 11.8 Å². The molecule has 0 saturated heterocycles. The van der Waals surface area contributed by atoms with E-state index in [1.165, 1.54) is 19.3 Å². The average Bonchev–Trinajstić information content (AvgIpc) is 2.36. The fourth-order valence-corrected chi connectivity index (χ4v) is 5.96. The van der Waals surface area contributed by atoms with E-state index in [1.54, 1.807) is 0 Å². The number of hydrogen-bond acceptors (Lipinski definition) is 2. The third kappa shape index (κ3) is 1.79. The van der Waals surface area contributed by atoms with Gasteiger partial charge in [-0.2, -0.15) is 0 Å². The second kappa shape index (κ2) is 3.86. The second-order valence-corrected chi connectivity index (χ2v) is 7.94. The van der Waals surface area contributed by atoms with E-state index in [4.69, 9.17) is 4.74 Å². The first-order chi connectivity index (χ1) is 9.09. The molecular weight excluding hydrogens is 236 g/mol. The van der Waals surface area contributed by atoms with Gasteiger partial charge in [0.2, 0.25) is 5.78 Å². The summed E-state index contributed by atoms with van der Waals surface area (Å²) in [6.07, 6.45) is 11.6. The zero-order valence-corrected chi connectivity index (χ0v) is 11.9. The van der Waals surface area contributed by atoms with E-state index in [0.29, 0.717) is 17.0 Å². The topological polar surface area (TPSA) is 26.3 Å². The number of carbonyl (C=O) groups is 1. The van der Waals surface area contributed by atoms with Gasteiger partial charge in [0.05, 0.1) is 6.61 Å². The molecule has 1 heterocycles. The van der Waals surface area contributed by atoms with E-state index in [9.17, 15) is 4.79 Å². The third-order valence-corrected chi connectivity index (χ3v) is 5.99. The molecule has 0 spiro atoms. The number of carbonyl (C=O) groups excluding carboxylic acids is 1. The summed E-state index contributed by atoms with van der Waals surface area (Å²) in [7, 11) is 0. The average molecular weight is 260 g/mol. The molecule has 2 atom stereocenters. The van der Waals surface area contributed by atoms with E-state index in [1.807, 2.05) is 6.08 Å². The summed E-state index contributed by atoms with van der Waals surface area (Å²) < 4.78 is 5.67. The second-order valence-electron chi connectivity index (χ2n) is 7.94. The Labute approximate surface area is 115 Å². The van der Waals surface area contributed by atoms with Gasteiger partial charge in [-0.1, -0.05) is 6.92 Å². The van der Waals surface area contributed by atoms with Gasteiger partial charge in [0.1, 0.15) is 0 Å². The number of ketones is 1. The van der Waals surface area contributed by atoms with E-state index < -0.39 is 0 Å². The van der Waals surface area contributed by atoms with Crippen LogP contribution in [0.3, 0.4) is 0 Å². The van der Waals surface area contributed by atoms with E-state index >= 15 is 0 Å². The Bertz CT molecular complexity index is 434. The first-order valence-corrected chi connectivity index (χ1v) is 7.96. The van der Waals surface area contributed by atoms with Crippen LogP contribution in [0.1, 0.15) is 58.3 Å². The van der Waals surface area contributed by atoms with Gasteiger partial charge in [0.15, 0.2) is 5.76 Å². The van der Waals surface area contributed by atoms with Crippen molar-refractivity contribution in [1.29, 1.82) is 0 Å². The largest absolute Gasteiger partial charge is 0.490 e. The summed E-state index contributed by atoms with van der Waals surface area (Å²) in [6.45, 7) is 3.15. The van der Waals surface area contributed by atoms with Gasteiger partial charge in [-0.15, -0.1) is 0 Å². The zero-order valence-electron chi connectivity index (χ0n) is 11.9. The van der Waals surface area contributed by atoms with Crippen LogP contribution >= 0.6 is 0 Å². The van der Waals surface area contributed by atoms with Crippen LogP contribution in [-0.2, 0) is 9.53 Å². The molecule has 0 radical (unpaired) electrons. The highest BCUT2D eigenvalue weighted by Crippen LogP contribution is 2.65. The van der Waals surface area contributed by atoms with Gasteiger partial charge in [0, 0.05) is 5.41 Å². The summed E-state index contributed by atoms with van der Waals surface area (Å²) in [6, 6.07) is 0. The van der Waals surface area contributed by atoms with Gasteiger partial charge in [-0.05, 0) is 74.7 Å². The minimum atomic E-state index is -0.0536. The van der Waals surface area contributed by atoms with Crippen molar-refractivity contribution in [2.24, 2.45) is 22.7 Å². The fraction of sp³-hybridized carbons (Fsp3) is 0.824. The van der Waals surface area contributed by atoms with Crippen molar-refractivity contribution in [2.45, 2.75) is 58.3 Å². The molecule has 104 valence electrons. The number of hydrogen-bond donors (Lipinski definition) is 0. The number of rotatable bonds is 2. The first-order valence-electron chi connectivity index (χ1n) is 7.96. The molecule has 2 heteroatoms. The number of Topliss-reactive ketones (excluding diaryl/α,β-unsaturated/α-hetero) is 1. The third-order valence-electron chi connectivity index (χ3n) is 5.99. The summed E-state index contributed by atoms with van der Waals surface area (Å²) in [5.74, 6) is 2.67. The Balaban J connectivity index is 1.66. The van der Waals surface area contributed by atoms with Crippen molar-refractivity contribution < 1.29 is 9.53 Å². The first kappa shape index (κ1) is 12.0. The summed E-state index contributed by atoms with van der Waals surface area (Å²) in [5, 5.41) is 0. The van der Waals surface area contributed by atoms with Crippen molar-refractivity contribution in [3.63, 3.8) is 0 Å². The lowest BCUT2D eigenvalue weighted by molar-refractivity contribution is -0.152. The molecule has 0 aromatic heterocycles. The molecule has 5 rings (SSSR count). The Morgan fingerprint density at radius 2 is 2.00 bits per heavy atom. The van der Waals surface area contributed by atoms with Crippen molar-refractivity contribution in [1.82, 2.24) is 0 Å². The Hall–Kier alpha value is -0.790. The molecular formula is C17H24O2. The molecule has 2 unspecified atom stereocenters. The Morgan fingerprint density at radius 3 is 2.58 bits per heavy atom. The van der Waals surface area contributed by atoms with Crippen LogP contribution in [0.4, 0.5) is 0 Å². The lowest BCUT2D eigenvalue weighted by Gasteiger charge is -2.60. The van der Waals surface area contributed by atoms with Crippen LogP contribution in [0.5, 0.6) is 0 Å². The maximum Gasteiger partial charge on any atom is 0.203 e. The monoisotopic (exact) mass is 260 g/mol. The predicted octanol–water partition coefficient (Wildman–Crippen LogP) is 3.86. The molecule has 5 aliphatic rings. The molecule has 4 saturated carbocycles. The summed E-state index contributed by atoms with van der Waals surface area (Å²) in [5.41, 5.74) is 0.386. The minimum absolute atomic E-state index is 0.0536. The van der Waals surface area contributed by atoms with Crippen LogP contribution in [0.25, 0.3) is 0 Å². The smallest absolute Gasteiger partial charge is 0.203 e. The van der Waals surface area contributed by atoms with Crippen LogP contribution < -0.4 is 0 Å². The highest BCUT2D eigenvalue weighted by Gasteiger charge is 2.59. The highest BCUT2D eigenvalue weighted by atomic mass is 16.5. The zero-order chi connectivity index (χ0) is 13.1. The molecule has 19 heavy (non-hydrogen) atoms. The van der Waals surface area contributed by atoms with Gasteiger partial charge < -0.3 is 4.74 Å². The summed E-state index contributed by atoms with van der Waals surface area (Å²) in [4.78, 5) is 13.0. The van der Waals surface area contributed by atoms with Crippen LogP contribution in [-0.4, -0.2) is 12.4 Å². The van der Waals surface area contributed by atoms with Gasteiger partial charge >= 0.3 is 0 Å². The lowest BCUT2D eigenvalue weighted by Crippen LogP contribution is -2.54. The van der Waals surface area contributed by atoms with Crippen LogP contribution in [0.15, 0.2) is 11.8 Å². The molecule has 1 aliphatic heterocycles. The molecule has 2 nitrogen and oxygen atoms in total. The standard InChI is InChI=1S/C17H24O2/c1-16-7-12-6-13(8-16)10-17(9-12,11-16)15(18)14-4-2-3-5-19-14/h4,12-13H,2-3,5-11H2,1H3. The molecule has 4 bridgehead atoms. The van der Waals surface area contributed by atoms with Crippen molar-refractivity contribution in [3.8, 4) is 0 Å². The highest BCUT2D eigenvalue weighted by molar-refractivity contribution is 5.98. The van der Waals surface area contributed by atoms with E-state index in [0.717, 1.165) is 50.5 Å². The van der Waals surface area contributed by atoms with Gasteiger partial charge in [0.25, 0.3) is 0 Å². The number of ether oxygens (including phenoxy) is 1. The van der Waals surface area contributed by atoms with Gasteiger partial charge in [-0.3, -0.25) is 4.79 Å². The van der Waals surface area contributed by atoms with Crippen molar-refractivity contribution >= 4 is 5.78 Å². The van der Waals surface area contributed by atoms with E-state index in [2.05, 4.69) is 6.92 Å². The van der Waals surface area contributed by atoms with Crippen molar-refractivity contribution in [2.75, 3.05) is 6.61 Å². The number of allylic oxidation sites excluding steroid dienone is 2. The normalized spacial score (nSPS) is 47.7. The molecule has 0 aromatic rings. The van der Waals surface area contributed by atoms with Gasteiger partial charge in [-0.25, -0.2) is 0 Å².